The van der Waals surface area contributed by atoms with Crippen LogP contribution in [-0.2, 0) is 16.2 Å². The highest BCUT2D eigenvalue weighted by Gasteiger charge is 2.18. The molecule has 0 spiro atoms. The van der Waals surface area contributed by atoms with Gasteiger partial charge in [0, 0.05) is 18.0 Å². The molecule has 0 saturated heterocycles. The average Bonchev–Trinajstić information content (AvgIpc) is 3.81. The van der Waals surface area contributed by atoms with Crippen LogP contribution in [0.5, 0.6) is 0 Å². The number of benzene rings is 3. The maximum Gasteiger partial charge on any atom is 0.228 e. The summed E-state index contributed by atoms with van der Waals surface area (Å²) in [6.45, 7) is 18.9. The quantitative estimate of drug-likeness (QED) is 0.193. The van der Waals surface area contributed by atoms with E-state index in [1.807, 2.05) is 45.0 Å². The van der Waals surface area contributed by atoms with Crippen LogP contribution in [0.2, 0.25) is 0 Å². The summed E-state index contributed by atoms with van der Waals surface area (Å²) < 4.78 is 39.6. The lowest BCUT2D eigenvalue weighted by Crippen LogP contribution is -2.12. The van der Waals surface area contributed by atoms with E-state index in [1.165, 1.54) is 22.7 Å². The van der Waals surface area contributed by atoms with Crippen molar-refractivity contribution in [1.82, 2.24) is 19.7 Å². The molecule has 0 N–H and O–H groups in total. The molecule has 8 heteroatoms. The normalized spacial score (nSPS) is 11.7. The molecule has 3 heterocycles. The fraction of sp³-hybridized carbons (Fsp3) is 0.308. The van der Waals surface area contributed by atoms with Gasteiger partial charge in [-0.3, -0.25) is 0 Å². The van der Waals surface area contributed by atoms with E-state index in [2.05, 4.69) is 68.7 Å². The van der Waals surface area contributed by atoms with Gasteiger partial charge in [0.2, 0.25) is 11.8 Å². The van der Waals surface area contributed by atoms with Crippen LogP contribution >= 0.6 is 0 Å². The first-order chi connectivity index (χ1) is 22.0. The van der Waals surface area contributed by atoms with Crippen molar-refractivity contribution in [2.45, 2.75) is 78.6 Å². The molecule has 0 aliphatic rings. The van der Waals surface area contributed by atoms with Crippen molar-refractivity contribution >= 4 is 0 Å². The van der Waals surface area contributed by atoms with Crippen molar-refractivity contribution in [1.29, 1.82) is 0 Å². The van der Waals surface area contributed by atoms with Gasteiger partial charge in [-0.05, 0) is 75.4 Å². The van der Waals surface area contributed by atoms with Crippen LogP contribution in [0.25, 0.3) is 28.6 Å². The smallest absolute Gasteiger partial charge is 0.228 e. The molecule has 0 radical (unpaired) electrons. The summed E-state index contributed by atoms with van der Waals surface area (Å²) in [7, 11) is 0. The summed E-state index contributed by atoms with van der Waals surface area (Å²) in [5.41, 5.74) is 5.26. The summed E-state index contributed by atoms with van der Waals surface area (Å²) in [4.78, 5) is 8.04. The zero-order valence-corrected chi connectivity index (χ0v) is 28.7. The predicted molar refractivity (Wildman–Crippen MR) is 183 cm³/mol. The third-order valence-electron chi connectivity index (χ3n) is 7.49. The first kappa shape index (κ1) is 35.0. The molecule has 3 aromatic heterocycles. The van der Waals surface area contributed by atoms with Gasteiger partial charge in [-0.1, -0.05) is 86.6 Å². The molecule has 0 aliphatic heterocycles. The Labute approximate surface area is 276 Å². The fourth-order valence-electron chi connectivity index (χ4n) is 4.56. The predicted octanol–water partition coefficient (Wildman–Crippen LogP) is 10.7. The van der Waals surface area contributed by atoms with E-state index < -0.39 is 0 Å². The molecule has 0 bridgehead atoms. The number of hydrogen-bond donors (Lipinski definition) is 0. The first-order valence-electron chi connectivity index (χ1n) is 15.5. The molecular formula is C39H44F2N4O2. The van der Waals surface area contributed by atoms with Crippen LogP contribution in [0.3, 0.4) is 0 Å². The van der Waals surface area contributed by atoms with E-state index in [0.717, 1.165) is 16.7 Å². The van der Waals surface area contributed by atoms with Gasteiger partial charge in [0.25, 0.3) is 0 Å². The summed E-state index contributed by atoms with van der Waals surface area (Å²) in [5.74, 6) is 0.458. The molecule has 0 unspecified atom stereocenters. The number of halogens is 2. The second kappa shape index (κ2) is 14.3. The highest BCUT2D eigenvalue weighted by atomic mass is 19.1. The summed E-state index contributed by atoms with van der Waals surface area (Å²) in [6, 6.07) is 20.6. The minimum atomic E-state index is -0.296. The molecule has 0 aliphatic carbocycles. The average molecular weight is 639 g/mol. The monoisotopic (exact) mass is 638 g/mol. The van der Waals surface area contributed by atoms with Gasteiger partial charge in [0.05, 0.1) is 18.0 Å². The summed E-state index contributed by atoms with van der Waals surface area (Å²) in [5, 5.41) is 4.02. The Morgan fingerprint density at radius 2 is 1.09 bits per heavy atom. The Morgan fingerprint density at radius 1 is 0.574 bits per heavy atom. The number of aromatic nitrogens is 4. The van der Waals surface area contributed by atoms with Crippen molar-refractivity contribution in [3.63, 3.8) is 0 Å². The number of oxazole rings is 2. The zero-order valence-electron chi connectivity index (χ0n) is 28.7. The van der Waals surface area contributed by atoms with E-state index >= 15 is 0 Å². The van der Waals surface area contributed by atoms with E-state index in [1.54, 1.807) is 55.2 Å². The lowest BCUT2D eigenvalue weighted by molar-refractivity contribution is 0.553. The van der Waals surface area contributed by atoms with Gasteiger partial charge >= 0.3 is 0 Å². The molecule has 0 fully saturated rings. The molecule has 3 aromatic carbocycles. The fourth-order valence-corrected chi connectivity index (χ4v) is 4.56. The Balaban J connectivity index is 0.000000160. The molecule has 6 rings (SSSR count). The van der Waals surface area contributed by atoms with E-state index in [4.69, 9.17) is 8.83 Å². The van der Waals surface area contributed by atoms with Gasteiger partial charge in [-0.15, -0.1) is 0 Å². The summed E-state index contributed by atoms with van der Waals surface area (Å²) >= 11 is 0. The van der Waals surface area contributed by atoms with Crippen LogP contribution in [0.1, 0.15) is 79.0 Å². The molecule has 246 valence electrons. The van der Waals surface area contributed by atoms with Gasteiger partial charge < -0.3 is 8.83 Å². The minimum Gasteiger partial charge on any atom is -0.445 e. The summed E-state index contributed by atoms with van der Waals surface area (Å²) in [6.07, 6.45) is 9.56. The maximum absolute atomic E-state index is 13.9. The van der Waals surface area contributed by atoms with Crippen molar-refractivity contribution in [3.8, 4) is 28.6 Å². The zero-order chi connectivity index (χ0) is 34.4. The van der Waals surface area contributed by atoms with Crippen molar-refractivity contribution < 1.29 is 17.6 Å². The van der Waals surface area contributed by atoms with Gasteiger partial charge in [-0.25, -0.2) is 23.4 Å². The SMILES string of the molecule is CC(C)(C)c1ccc(-c2ncco2)c(F)c1.CC(C)(C)c1ccc(-c2ncco2)cc1.CC(C)(C)c1ccc(-n2cccn2)c(F)c1. The van der Waals surface area contributed by atoms with Gasteiger partial charge in [0.1, 0.15) is 29.8 Å². The number of nitrogens with zero attached hydrogens (tertiary/aromatic N) is 4. The van der Waals surface area contributed by atoms with Crippen LogP contribution < -0.4 is 0 Å². The van der Waals surface area contributed by atoms with Crippen molar-refractivity contribution in [2.75, 3.05) is 0 Å². The van der Waals surface area contributed by atoms with Crippen LogP contribution in [0, 0.1) is 11.6 Å². The Bertz CT molecular complexity index is 1730. The minimum absolute atomic E-state index is 0.0382. The van der Waals surface area contributed by atoms with E-state index in [-0.39, 0.29) is 27.9 Å². The largest absolute Gasteiger partial charge is 0.445 e. The van der Waals surface area contributed by atoms with Crippen molar-refractivity contribution in [3.05, 3.63) is 132 Å². The van der Waals surface area contributed by atoms with Gasteiger partial charge in [0.15, 0.2) is 0 Å². The molecule has 0 atom stereocenters. The second-order valence-corrected chi connectivity index (χ2v) is 14.3. The first-order valence-corrected chi connectivity index (χ1v) is 15.5. The van der Waals surface area contributed by atoms with E-state index in [0.29, 0.717) is 23.0 Å². The van der Waals surface area contributed by atoms with Crippen LogP contribution in [0.15, 0.2) is 113 Å². The Kier molecular flexibility index (Phi) is 10.6. The molecule has 47 heavy (non-hydrogen) atoms. The third-order valence-corrected chi connectivity index (χ3v) is 7.49. The number of hydrogen-bond acceptors (Lipinski definition) is 5. The van der Waals surface area contributed by atoms with Gasteiger partial charge in [-0.2, -0.15) is 5.10 Å². The van der Waals surface area contributed by atoms with Crippen LogP contribution in [0.4, 0.5) is 8.78 Å². The molecule has 0 amide bonds. The lowest BCUT2D eigenvalue weighted by atomic mass is 9.86. The highest BCUT2D eigenvalue weighted by Crippen LogP contribution is 2.29. The standard InChI is InChI=1S/C13H15FN2.C13H14FNO.C13H15NO/c1-13(2,3)10-5-6-12(11(14)9-10)16-8-4-7-15-16;1-13(2,3)9-4-5-10(11(14)8-9)12-15-6-7-16-12;1-13(2,3)11-6-4-10(5-7-11)12-14-8-9-15-12/h4-9H,1-3H3;4-8H,1-3H3;4-9H,1-3H3. The van der Waals surface area contributed by atoms with E-state index in [9.17, 15) is 8.78 Å². The molecular weight excluding hydrogens is 594 g/mol. The topological polar surface area (TPSA) is 69.9 Å². The van der Waals surface area contributed by atoms with Crippen molar-refractivity contribution in [2.24, 2.45) is 0 Å². The molecule has 6 aromatic rings. The van der Waals surface area contributed by atoms with Crippen LogP contribution in [-0.4, -0.2) is 19.7 Å². The maximum atomic E-state index is 13.9. The Hall–Kier alpha value is -4.85. The third kappa shape index (κ3) is 9.35. The molecule has 6 nitrogen and oxygen atoms in total. The molecule has 0 saturated carbocycles. The lowest BCUT2D eigenvalue weighted by Gasteiger charge is -2.19. The number of rotatable bonds is 3. The second-order valence-electron chi connectivity index (χ2n) is 14.3. The Morgan fingerprint density at radius 3 is 1.53 bits per heavy atom. The highest BCUT2D eigenvalue weighted by molar-refractivity contribution is 5.55.